The van der Waals surface area contributed by atoms with Crippen LogP contribution < -0.4 is 5.32 Å². The summed E-state index contributed by atoms with van der Waals surface area (Å²) in [6.45, 7) is 14.0. The van der Waals surface area contributed by atoms with Crippen molar-refractivity contribution in [1.29, 1.82) is 0 Å². The number of ketones is 1. The third kappa shape index (κ3) is 5.23. The number of carbonyl (C=O) groups is 1. The topological polar surface area (TPSA) is 32.3 Å². The minimum atomic E-state index is 0.179. The molecule has 0 unspecified atom stereocenters. The van der Waals surface area contributed by atoms with Gasteiger partial charge in [0.15, 0.2) is 0 Å². The Kier molecular flexibility index (Phi) is 6.48. The van der Waals surface area contributed by atoms with Gasteiger partial charge in [0, 0.05) is 43.1 Å². The Morgan fingerprint density at radius 2 is 1.84 bits per heavy atom. The molecule has 0 spiro atoms. The zero-order valence-electron chi connectivity index (χ0n) is 13.6. The lowest BCUT2D eigenvalue weighted by molar-refractivity contribution is -0.122. The maximum atomic E-state index is 11.8. The third-order valence-electron chi connectivity index (χ3n) is 4.06. The molecule has 3 heteroatoms. The van der Waals surface area contributed by atoms with Crippen molar-refractivity contribution < 1.29 is 4.79 Å². The highest BCUT2D eigenvalue weighted by atomic mass is 16.1. The molecule has 0 radical (unpaired) electrons. The molecule has 1 rings (SSSR count). The van der Waals surface area contributed by atoms with E-state index in [2.05, 4.69) is 37.9 Å². The lowest BCUT2D eigenvalue weighted by Gasteiger charge is -2.28. The Morgan fingerprint density at radius 3 is 2.32 bits per heavy atom. The van der Waals surface area contributed by atoms with E-state index in [0.717, 1.165) is 19.4 Å². The smallest absolute Gasteiger partial charge is 0.135 e. The van der Waals surface area contributed by atoms with Crippen molar-refractivity contribution in [3.05, 3.63) is 0 Å². The molecule has 1 aliphatic heterocycles. The first-order chi connectivity index (χ1) is 8.81. The van der Waals surface area contributed by atoms with Gasteiger partial charge >= 0.3 is 0 Å². The molecule has 3 nitrogen and oxygen atoms in total. The molecule has 0 aliphatic carbocycles. The van der Waals surface area contributed by atoms with Gasteiger partial charge < -0.3 is 5.32 Å². The Hall–Kier alpha value is -0.410. The summed E-state index contributed by atoms with van der Waals surface area (Å²) in [6.07, 6.45) is 2.94. The highest BCUT2D eigenvalue weighted by Gasteiger charge is 2.33. The van der Waals surface area contributed by atoms with Crippen LogP contribution in [-0.2, 0) is 4.79 Å². The van der Waals surface area contributed by atoms with E-state index in [-0.39, 0.29) is 5.92 Å². The Balaban J connectivity index is 2.51. The maximum absolute atomic E-state index is 11.8. The second-order valence-corrected chi connectivity index (χ2v) is 6.86. The highest BCUT2D eigenvalue weighted by Crippen LogP contribution is 2.25. The largest absolute Gasteiger partial charge is 0.310 e. The molecule has 112 valence electrons. The van der Waals surface area contributed by atoms with Crippen LogP contribution in [0.2, 0.25) is 0 Å². The van der Waals surface area contributed by atoms with Crippen LogP contribution in [0.15, 0.2) is 0 Å². The van der Waals surface area contributed by atoms with Gasteiger partial charge in [-0.15, -0.1) is 0 Å². The standard InChI is InChI=1S/C16H32N2O/c1-11(2)16(19)8-7-15-9-14(17-12(3)4)10-18(15)13(5)6/h11-15,17H,7-10H2,1-6H3/t14-,15-/m0/s1. The molecule has 2 atom stereocenters. The van der Waals surface area contributed by atoms with Crippen molar-refractivity contribution in [3.8, 4) is 0 Å². The lowest BCUT2D eigenvalue weighted by atomic mass is 9.99. The monoisotopic (exact) mass is 268 g/mol. The van der Waals surface area contributed by atoms with Crippen molar-refractivity contribution in [2.45, 2.75) is 85.0 Å². The zero-order chi connectivity index (χ0) is 14.6. The van der Waals surface area contributed by atoms with Gasteiger partial charge in [-0.2, -0.15) is 0 Å². The van der Waals surface area contributed by atoms with Crippen molar-refractivity contribution in [2.24, 2.45) is 5.92 Å². The predicted molar refractivity (Wildman–Crippen MR) is 81.4 cm³/mol. The fourth-order valence-corrected chi connectivity index (χ4v) is 3.05. The molecule has 1 heterocycles. The molecule has 19 heavy (non-hydrogen) atoms. The fraction of sp³-hybridized carbons (Fsp3) is 0.938. The van der Waals surface area contributed by atoms with Gasteiger partial charge in [0.1, 0.15) is 5.78 Å². The van der Waals surface area contributed by atoms with E-state index in [1.807, 2.05) is 13.8 Å². The second-order valence-electron chi connectivity index (χ2n) is 6.86. The van der Waals surface area contributed by atoms with E-state index in [0.29, 0.717) is 30.0 Å². The van der Waals surface area contributed by atoms with Gasteiger partial charge in [0.05, 0.1) is 0 Å². The molecule has 0 aromatic heterocycles. The average Bonchev–Trinajstić information content (AvgIpc) is 2.67. The zero-order valence-corrected chi connectivity index (χ0v) is 13.6. The van der Waals surface area contributed by atoms with Gasteiger partial charge in [-0.3, -0.25) is 9.69 Å². The molecule has 0 amide bonds. The number of likely N-dealkylation sites (tertiary alicyclic amines) is 1. The molecule has 0 aromatic carbocycles. The summed E-state index contributed by atoms with van der Waals surface area (Å²) in [6, 6.07) is 2.26. The number of nitrogens with one attached hydrogen (secondary N) is 1. The first-order valence-corrected chi connectivity index (χ1v) is 7.85. The third-order valence-corrected chi connectivity index (χ3v) is 4.06. The molecule has 1 fully saturated rings. The number of carbonyl (C=O) groups excluding carboxylic acids is 1. The summed E-state index contributed by atoms with van der Waals surface area (Å²) < 4.78 is 0. The quantitative estimate of drug-likeness (QED) is 0.770. The Labute approximate surface area is 119 Å². The number of Topliss-reactive ketones (excluding diaryl/α,β-unsaturated/α-hetero) is 1. The van der Waals surface area contributed by atoms with Crippen LogP contribution >= 0.6 is 0 Å². The van der Waals surface area contributed by atoms with E-state index in [9.17, 15) is 4.79 Å². The van der Waals surface area contributed by atoms with Crippen LogP contribution in [0.5, 0.6) is 0 Å². The highest BCUT2D eigenvalue weighted by molar-refractivity contribution is 5.80. The minimum absolute atomic E-state index is 0.179. The van der Waals surface area contributed by atoms with Crippen molar-refractivity contribution in [2.75, 3.05) is 6.54 Å². The van der Waals surface area contributed by atoms with Gasteiger partial charge in [-0.1, -0.05) is 27.7 Å². The average molecular weight is 268 g/mol. The van der Waals surface area contributed by atoms with Crippen LogP contribution in [0, 0.1) is 5.92 Å². The van der Waals surface area contributed by atoms with Gasteiger partial charge in [-0.25, -0.2) is 0 Å². The first kappa shape index (κ1) is 16.6. The summed E-state index contributed by atoms with van der Waals surface area (Å²) in [5.41, 5.74) is 0. The first-order valence-electron chi connectivity index (χ1n) is 7.85. The van der Waals surface area contributed by atoms with Gasteiger partial charge in [0.2, 0.25) is 0 Å². The van der Waals surface area contributed by atoms with E-state index in [1.54, 1.807) is 0 Å². The van der Waals surface area contributed by atoms with E-state index >= 15 is 0 Å². The number of hydrogen-bond donors (Lipinski definition) is 1. The Bertz CT molecular complexity index is 286. The predicted octanol–water partition coefficient (Wildman–Crippen LogP) is 2.84. The fourth-order valence-electron chi connectivity index (χ4n) is 3.05. The number of hydrogen-bond acceptors (Lipinski definition) is 3. The minimum Gasteiger partial charge on any atom is -0.310 e. The van der Waals surface area contributed by atoms with Crippen molar-refractivity contribution >= 4 is 5.78 Å². The number of rotatable bonds is 7. The summed E-state index contributed by atoms with van der Waals surface area (Å²) in [7, 11) is 0. The van der Waals surface area contributed by atoms with Crippen LogP contribution in [0.4, 0.5) is 0 Å². The normalized spacial score (nSPS) is 24.9. The molecular weight excluding hydrogens is 236 g/mol. The summed E-state index contributed by atoms with van der Waals surface area (Å²) >= 11 is 0. The van der Waals surface area contributed by atoms with Gasteiger partial charge in [-0.05, 0) is 26.7 Å². The van der Waals surface area contributed by atoms with Gasteiger partial charge in [0.25, 0.3) is 0 Å². The summed E-state index contributed by atoms with van der Waals surface area (Å²) in [5.74, 6) is 0.586. The SMILES string of the molecule is CC(C)N[C@H]1C[C@H](CCC(=O)C(C)C)N(C(C)C)C1. The molecule has 1 aliphatic rings. The van der Waals surface area contributed by atoms with Crippen LogP contribution in [0.1, 0.15) is 60.8 Å². The van der Waals surface area contributed by atoms with E-state index in [4.69, 9.17) is 0 Å². The number of nitrogens with zero attached hydrogens (tertiary/aromatic N) is 1. The summed E-state index contributed by atoms with van der Waals surface area (Å²) in [4.78, 5) is 14.4. The second kappa shape index (κ2) is 7.39. The maximum Gasteiger partial charge on any atom is 0.135 e. The lowest BCUT2D eigenvalue weighted by Crippen LogP contribution is -2.39. The molecule has 0 saturated carbocycles. The molecular formula is C16H32N2O. The Morgan fingerprint density at radius 1 is 1.21 bits per heavy atom. The van der Waals surface area contributed by atoms with Crippen LogP contribution in [-0.4, -0.2) is 41.4 Å². The van der Waals surface area contributed by atoms with E-state index in [1.165, 1.54) is 6.42 Å². The molecule has 1 N–H and O–H groups in total. The van der Waals surface area contributed by atoms with Crippen LogP contribution in [0.3, 0.4) is 0 Å². The molecule has 1 saturated heterocycles. The van der Waals surface area contributed by atoms with Crippen molar-refractivity contribution in [3.63, 3.8) is 0 Å². The molecule has 0 bridgehead atoms. The van der Waals surface area contributed by atoms with Crippen molar-refractivity contribution in [1.82, 2.24) is 10.2 Å². The van der Waals surface area contributed by atoms with Crippen LogP contribution in [0.25, 0.3) is 0 Å². The summed E-state index contributed by atoms with van der Waals surface area (Å²) in [5, 5.41) is 3.64. The van der Waals surface area contributed by atoms with E-state index < -0.39 is 0 Å². The molecule has 0 aromatic rings.